The summed E-state index contributed by atoms with van der Waals surface area (Å²) < 4.78 is 14.6. The third kappa shape index (κ3) is 2.61. The van der Waals surface area contributed by atoms with Crippen LogP contribution in [-0.2, 0) is 11.3 Å². The van der Waals surface area contributed by atoms with Crippen molar-refractivity contribution in [1.82, 2.24) is 14.7 Å². The van der Waals surface area contributed by atoms with Crippen LogP contribution in [0.2, 0.25) is 0 Å². The Labute approximate surface area is 98.5 Å². The van der Waals surface area contributed by atoms with Crippen LogP contribution in [0.25, 0.3) is 5.65 Å². The molecule has 0 spiro atoms. The van der Waals surface area contributed by atoms with Gasteiger partial charge in [-0.3, -0.25) is 4.79 Å². The standard InChI is InChI=1S/C12H14FN3O/c1-8(2)12(17)14-5-10-7-16-6-9(13)3-4-11(16)15-10/h3-4,6-8H,5H2,1-2H3,(H,14,17). The Morgan fingerprint density at radius 2 is 2.24 bits per heavy atom. The second-order valence-corrected chi connectivity index (χ2v) is 4.22. The van der Waals surface area contributed by atoms with E-state index in [0.29, 0.717) is 17.9 Å². The molecule has 17 heavy (non-hydrogen) atoms. The molecule has 4 nitrogen and oxygen atoms in total. The van der Waals surface area contributed by atoms with Gasteiger partial charge in [-0.05, 0) is 12.1 Å². The Morgan fingerprint density at radius 3 is 2.94 bits per heavy atom. The van der Waals surface area contributed by atoms with Gasteiger partial charge in [0.15, 0.2) is 0 Å². The average molecular weight is 235 g/mol. The van der Waals surface area contributed by atoms with Crippen molar-refractivity contribution in [2.45, 2.75) is 20.4 Å². The van der Waals surface area contributed by atoms with Crippen LogP contribution < -0.4 is 5.32 Å². The molecule has 0 saturated heterocycles. The van der Waals surface area contributed by atoms with Gasteiger partial charge >= 0.3 is 0 Å². The van der Waals surface area contributed by atoms with E-state index in [-0.39, 0.29) is 17.6 Å². The molecule has 0 unspecified atom stereocenters. The lowest BCUT2D eigenvalue weighted by Crippen LogP contribution is -2.27. The molecule has 0 bridgehead atoms. The van der Waals surface area contributed by atoms with Crippen molar-refractivity contribution in [2.24, 2.45) is 5.92 Å². The van der Waals surface area contributed by atoms with Crippen molar-refractivity contribution in [3.05, 3.63) is 36.0 Å². The summed E-state index contributed by atoms with van der Waals surface area (Å²) in [5.74, 6) is -0.384. The van der Waals surface area contributed by atoms with Crippen molar-refractivity contribution in [2.75, 3.05) is 0 Å². The number of fused-ring (bicyclic) bond motifs is 1. The number of nitrogens with one attached hydrogen (secondary N) is 1. The molecule has 1 amide bonds. The molecule has 90 valence electrons. The first-order chi connectivity index (χ1) is 8.06. The highest BCUT2D eigenvalue weighted by atomic mass is 19.1. The van der Waals surface area contributed by atoms with E-state index in [1.807, 2.05) is 13.8 Å². The van der Waals surface area contributed by atoms with Crippen molar-refractivity contribution >= 4 is 11.6 Å². The Balaban J connectivity index is 2.12. The highest BCUT2D eigenvalue weighted by Crippen LogP contribution is 2.07. The first-order valence-electron chi connectivity index (χ1n) is 5.47. The number of nitrogens with zero attached hydrogens (tertiary/aromatic N) is 2. The van der Waals surface area contributed by atoms with E-state index >= 15 is 0 Å². The molecule has 0 aliphatic carbocycles. The number of rotatable bonds is 3. The number of hydrogen-bond acceptors (Lipinski definition) is 2. The molecular formula is C12H14FN3O. The predicted octanol–water partition coefficient (Wildman–Crippen LogP) is 1.75. The lowest BCUT2D eigenvalue weighted by atomic mass is 10.2. The zero-order valence-electron chi connectivity index (χ0n) is 9.77. The van der Waals surface area contributed by atoms with Gasteiger partial charge in [-0.25, -0.2) is 9.37 Å². The van der Waals surface area contributed by atoms with Crippen molar-refractivity contribution in [3.8, 4) is 0 Å². The molecule has 2 aromatic rings. The van der Waals surface area contributed by atoms with Crippen LogP contribution in [0.4, 0.5) is 4.39 Å². The molecule has 0 saturated carbocycles. The molecule has 0 aliphatic heterocycles. The maximum absolute atomic E-state index is 12.9. The van der Waals surface area contributed by atoms with Crippen LogP contribution in [0.15, 0.2) is 24.5 Å². The molecule has 0 atom stereocenters. The Kier molecular flexibility index (Phi) is 3.08. The first-order valence-corrected chi connectivity index (χ1v) is 5.47. The summed E-state index contributed by atoms with van der Waals surface area (Å²) >= 11 is 0. The summed E-state index contributed by atoms with van der Waals surface area (Å²) in [6.07, 6.45) is 3.06. The lowest BCUT2D eigenvalue weighted by Gasteiger charge is -2.04. The number of pyridine rings is 1. The van der Waals surface area contributed by atoms with E-state index in [4.69, 9.17) is 0 Å². The number of hydrogen-bond donors (Lipinski definition) is 1. The number of halogens is 1. The number of amides is 1. The number of aromatic nitrogens is 2. The van der Waals surface area contributed by atoms with Gasteiger partial charge in [0.05, 0.1) is 12.2 Å². The third-order valence-corrected chi connectivity index (χ3v) is 2.43. The number of carbonyl (C=O) groups excluding carboxylic acids is 1. The normalized spacial score (nSPS) is 11.1. The summed E-state index contributed by atoms with van der Waals surface area (Å²) in [5.41, 5.74) is 1.38. The summed E-state index contributed by atoms with van der Waals surface area (Å²) in [6.45, 7) is 4.02. The minimum absolute atomic E-state index is 0.0202. The van der Waals surface area contributed by atoms with Crippen LogP contribution in [0, 0.1) is 11.7 Å². The number of imidazole rings is 1. The van der Waals surface area contributed by atoms with Gasteiger partial charge in [-0.15, -0.1) is 0 Å². The van der Waals surface area contributed by atoms with Gasteiger partial charge in [0.1, 0.15) is 11.5 Å². The van der Waals surface area contributed by atoms with Crippen molar-refractivity contribution < 1.29 is 9.18 Å². The smallest absolute Gasteiger partial charge is 0.222 e. The van der Waals surface area contributed by atoms with Gasteiger partial charge in [0, 0.05) is 18.3 Å². The molecule has 2 rings (SSSR count). The van der Waals surface area contributed by atoms with Gasteiger partial charge in [-0.2, -0.15) is 0 Å². The minimum Gasteiger partial charge on any atom is -0.350 e. The van der Waals surface area contributed by atoms with E-state index < -0.39 is 0 Å². The van der Waals surface area contributed by atoms with Gasteiger partial charge in [0.2, 0.25) is 5.91 Å². The number of carbonyl (C=O) groups is 1. The zero-order chi connectivity index (χ0) is 12.4. The molecule has 0 aromatic carbocycles. The molecule has 5 heteroatoms. The SMILES string of the molecule is CC(C)C(=O)NCc1cn2cc(F)ccc2n1. The van der Waals surface area contributed by atoms with Gasteiger partial charge in [-0.1, -0.05) is 13.8 Å². The minimum atomic E-state index is -0.312. The Morgan fingerprint density at radius 1 is 1.47 bits per heavy atom. The summed E-state index contributed by atoms with van der Waals surface area (Å²) in [5, 5.41) is 2.77. The van der Waals surface area contributed by atoms with E-state index in [2.05, 4.69) is 10.3 Å². The van der Waals surface area contributed by atoms with Crippen LogP contribution in [0.3, 0.4) is 0 Å². The second-order valence-electron chi connectivity index (χ2n) is 4.22. The highest BCUT2D eigenvalue weighted by molar-refractivity contribution is 5.77. The molecular weight excluding hydrogens is 221 g/mol. The van der Waals surface area contributed by atoms with E-state index in [1.165, 1.54) is 12.3 Å². The molecule has 0 aliphatic rings. The summed E-state index contributed by atoms with van der Waals surface area (Å²) in [7, 11) is 0. The Hall–Kier alpha value is -1.91. The Bertz CT molecular complexity index is 548. The molecule has 0 radical (unpaired) electrons. The molecule has 1 N–H and O–H groups in total. The van der Waals surface area contributed by atoms with Gasteiger partial charge < -0.3 is 9.72 Å². The third-order valence-electron chi connectivity index (χ3n) is 2.43. The summed E-state index contributed by atoms with van der Waals surface area (Å²) in [4.78, 5) is 15.6. The monoisotopic (exact) mass is 235 g/mol. The maximum Gasteiger partial charge on any atom is 0.222 e. The van der Waals surface area contributed by atoms with Crippen molar-refractivity contribution in [1.29, 1.82) is 0 Å². The van der Waals surface area contributed by atoms with E-state index in [0.717, 1.165) is 0 Å². The van der Waals surface area contributed by atoms with E-state index in [9.17, 15) is 9.18 Å². The fraction of sp³-hybridized carbons (Fsp3) is 0.333. The highest BCUT2D eigenvalue weighted by Gasteiger charge is 2.07. The second kappa shape index (κ2) is 4.53. The molecule has 2 heterocycles. The summed E-state index contributed by atoms with van der Waals surface area (Å²) in [6, 6.07) is 2.96. The van der Waals surface area contributed by atoms with Crippen molar-refractivity contribution in [3.63, 3.8) is 0 Å². The maximum atomic E-state index is 12.9. The largest absolute Gasteiger partial charge is 0.350 e. The quantitative estimate of drug-likeness (QED) is 0.880. The van der Waals surface area contributed by atoms with Crippen LogP contribution in [0.1, 0.15) is 19.5 Å². The zero-order valence-corrected chi connectivity index (χ0v) is 9.77. The van der Waals surface area contributed by atoms with Crippen LogP contribution in [0.5, 0.6) is 0 Å². The molecule has 2 aromatic heterocycles. The van der Waals surface area contributed by atoms with Gasteiger partial charge in [0.25, 0.3) is 0 Å². The van der Waals surface area contributed by atoms with E-state index in [1.54, 1.807) is 16.7 Å². The van der Waals surface area contributed by atoms with Crippen LogP contribution in [-0.4, -0.2) is 15.3 Å². The van der Waals surface area contributed by atoms with Crippen LogP contribution >= 0.6 is 0 Å². The lowest BCUT2D eigenvalue weighted by molar-refractivity contribution is -0.124. The first kappa shape index (κ1) is 11.6. The molecule has 0 fully saturated rings. The predicted molar refractivity (Wildman–Crippen MR) is 61.8 cm³/mol. The average Bonchev–Trinajstić information content (AvgIpc) is 2.67. The topological polar surface area (TPSA) is 46.4 Å². The fourth-order valence-corrected chi connectivity index (χ4v) is 1.48. The fourth-order valence-electron chi connectivity index (χ4n) is 1.48.